The van der Waals surface area contributed by atoms with Gasteiger partial charge in [0.2, 0.25) is 5.91 Å². The van der Waals surface area contributed by atoms with Crippen molar-refractivity contribution in [2.75, 3.05) is 11.9 Å². The van der Waals surface area contributed by atoms with E-state index in [0.717, 1.165) is 22.6 Å². The smallest absolute Gasteiger partial charge is 0.227 e. The zero-order chi connectivity index (χ0) is 15.9. The SMILES string of the molecule is Cc1cccc(OCCC(=O)Nc2ccc(CN)cc2)c1C. The Morgan fingerprint density at radius 2 is 1.86 bits per heavy atom. The molecule has 0 fully saturated rings. The zero-order valence-corrected chi connectivity index (χ0v) is 13.1. The normalized spacial score (nSPS) is 10.3. The van der Waals surface area contributed by atoms with Crippen molar-refractivity contribution in [1.82, 2.24) is 0 Å². The molecule has 0 saturated heterocycles. The lowest BCUT2D eigenvalue weighted by molar-refractivity contribution is -0.116. The Hall–Kier alpha value is -2.33. The fourth-order valence-corrected chi connectivity index (χ4v) is 2.08. The van der Waals surface area contributed by atoms with Gasteiger partial charge in [0.1, 0.15) is 5.75 Å². The van der Waals surface area contributed by atoms with Gasteiger partial charge in [-0.15, -0.1) is 0 Å². The molecule has 4 nitrogen and oxygen atoms in total. The molecule has 22 heavy (non-hydrogen) atoms. The summed E-state index contributed by atoms with van der Waals surface area (Å²) in [4.78, 5) is 11.9. The third kappa shape index (κ3) is 4.33. The number of nitrogens with two attached hydrogens (primary N) is 1. The number of hydrogen-bond acceptors (Lipinski definition) is 3. The van der Waals surface area contributed by atoms with Gasteiger partial charge in [-0.3, -0.25) is 4.79 Å². The predicted octanol–water partition coefficient (Wildman–Crippen LogP) is 3.17. The van der Waals surface area contributed by atoms with Crippen LogP contribution in [0, 0.1) is 13.8 Å². The number of anilines is 1. The molecule has 0 aliphatic rings. The minimum absolute atomic E-state index is 0.0641. The number of benzene rings is 2. The monoisotopic (exact) mass is 298 g/mol. The van der Waals surface area contributed by atoms with E-state index < -0.39 is 0 Å². The van der Waals surface area contributed by atoms with Gasteiger partial charge in [0.25, 0.3) is 0 Å². The van der Waals surface area contributed by atoms with Crippen LogP contribution in [0.4, 0.5) is 5.69 Å². The highest BCUT2D eigenvalue weighted by Gasteiger charge is 2.05. The molecule has 0 bridgehead atoms. The van der Waals surface area contributed by atoms with Crippen molar-refractivity contribution in [1.29, 1.82) is 0 Å². The zero-order valence-electron chi connectivity index (χ0n) is 13.1. The van der Waals surface area contributed by atoms with E-state index in [2.05, 4.69) is 5.32 Å². The van der Waals surface area contributed by atoms with Crippen LogP contribution in [-0.4, -0.2) is 12.5 Å². The second-order valence-corrected chi connectivity index (χ2v) is 5.25. The lowest BCUT2D eigenvalue weighted by Crippen LogP contribution is -2.15. The number of rotatable bonds is 6. The molecule has 0 aliphatic heterocycles. The quantitative estimate of drug-likeness (QED) is 0.861. The van der Waals surface area contributed by atoms with Crippen molar-refractivity contribution >= 4 is 11.6 Å². The van der Waals surface area contributed by atoms with E-state index in [9.17, 15) is 4.79 Å². The van der Waals surface area contributed by atoms with E-state index in [1.807, 2.05) is 56.3 Å². The predicted molar refractivity (Wildman–Crippen MR) is 89.0 cm³/mol. The Bertz CT molecular complexity index is 636. The fraction of sp³-hybridized carbons (Fsp3) is 0.278. The van der Waals surface area contributed by atoms with Crippen LogP contribution < -0.4 is 15.8 Å². The van der Waals surface area contributed by atoms with Gasteiger partial charge in [0.05, 0.1) is 13.0 Å². The summed E-state index contributed by atoms with van der Waals surface area (Å²) in [6.07, 6.45) is 0.312. The maximum atomic E-state index is 11.9. The van der Waals surface area contributed by atoms with Crippen molar-refractivity contribution in [3.8, 4) is 5.75 Å². The van der Waals surface area contributed by atoms with Gasteiger partial charge in [0, 0.05) is 12.2 Å². The van der Waals surface area contributed by atoms with Crippen LogP contribution in [0.25, 0.3) is 0 Å². The van der Waals surface area contributed by atoms with Crippen molar-refractivity contribution in [3.05, 3.63) is 59.2 Å². The van der Waals surface area contributed by atoms with Crippen LogP contribution in [0.5, 0.6) is 5.75 Å². The first-order chi connectivity index (χ1) is 10.6. The average Bonchev–Trinajstić information content (AvgIpc) is 2.52. The fourth-order valence-electron chi connectivity index (χ4n) is 2.08. The molecule has 2 aromatic rings. The highest BCUT2D eigenvalue weighted by molar-refractivity contribution is 5.90. The third-order valence-electron chi connectivity index (χ3n) is 3.62. The molecular formula is C18H22N2O2. The van der Waals surface area contributed by atoms with Gasteiger partial charge < -0.3 is 15.8 Å². The lowest BCUT2D eigenvalue weighted by atomic mass is 10.1. The highest BCUT2D eigenvalue weighted by atomic mass is 16.5. The van der Waals surface area contributed by atoms with Crippen LogP contribution in [0.3, 0.4) is 0 Å². The summed E-state index contributed by atoms with van der Waals surface area (Å²) in [5.74, 6) is 0.769. The standard InChI is InChI=1S/C18H22N2O2/c1-13-4-3-5-17(14(13)2)22-11-10-18(21)20-16-8-6-15(12-19)7-9-16/h3-9H,10-12,19H2,1-2H3,(H,20,21). The Morgan fingerprint density at radius 3 is 2.55 bits per heavy atom. The van der Waals surface area contributed by atoms with Gasteiger partial charge in [-0.25, -0.2) is 0 Å². The molecule has 0 atom stereocenters. The van der Waals surface area contributed by atoms with E-state index in [1.54, 1.807) is 0 Å². The summed E-state index contributed by atoms with van der Waals surface area (Å²) >= 11 is 0. The molecule has 3 N–H and O–H groups in total. The van der Waals surface area contributed by atoms with Gasteiger partial charge in [-0.1, -0.05) is 24.3 Å². The Labute approximate surface area is 131 Å². The van der Waals surface area contributed by atoms with Crippen LogP contribution >= 0.6 is 0 Å². The van der Waals surface area contributed by atoms with Gasteiger partial charge in [-0.05, 0) is 48.7 Å². The van der Waals surface area contributed by atoms with Crippen LogP contribution in [0.15, 0.2) is 42.5 Å². The van der Waals surface area contributed by atoms with Crippen LogP contribution in [0.2, 0.25) is 0 Å². The molecule has 0 aromatic heterocycles. The van der Waals surface area contributed by atoms with E-state index in [1.165, 1.54) is 5.56 Å². The molecule has 0 heterocycles. The molecule has 0 spiro atoms. The first kappa shape index (κ1) is 16.0. The summed E-state index contributed by atoms with van der Waals surface area (Å²) in [5.41, 5.74) is 9.65. The second kappa shape index (κ2) is 7.61. The highest BCUT2D eigenvalue weighted by Crippen LogP contribution is 2.20. The minimum Gasteiger partial charge on any atom is -0.493 e. The Morgan fingerprint density at radius 1 is 1.14 bits per heavy atom. The van der Waals surface area contributed by atoms with Gasteiger partial charge >= 0.3 is 0 Å². The number of nitrogens with one attached hydrogen (secondary N) is 1. The van der Waals surface area contributed by atoms with Crippen molar-refractivity contribution in [3.63, 3.8) is 0 Å². The topological polar surface area (TPSA) is 64.3 Å². The lowest BCUT2D eigenvalue weighted by Gasteiger charge is -2.11. The molecule has 2 aromatic carbocycles. The van der Waals surface area contributed by atoms with Crippen molar-refractivity contribution in [2.45, 2.75) is 26.8 Å². The third-order valence-corrected chi connectivity index (χ3v) is 3.62. The number of aryl methyl sites for hydroxylation is 1. The number of hydrogen-bond donors (Lipinski definition) is 2. The van der Waals surface area contributed by atoms with Gasteiger partial charge in [-0.2, -0.15) is 0 Å². The van der Waals surface area contributed by atoms with Crippen LogP contribution in [-0.2, 0) is 11.3 Å². The van der Waals surface area contributed by atoms with E-state index in [4.69, 9.17) is 10.5 Å². The first-order valence-electron chi connectivity index (χ1n) is 7.38. The van der Waals surface area contributed by atoms with Crippen molar-refractivity contribution in [2.24, 2.45) is 5.73 Å². The van der Waals surface area contributed by atoms with E-state index in [-0.39, 0.29) is 5.91 Å². The van der Waals surface area contributed by atoms with Gasteiger partial charge in [0.15, 0.2) is 0 Å². The van der Waals surface area contributed by atoms with E-state index >= 15 is 0 Å². The number of amides is 1. The second-order valence-electron chi connectivity index (χ2n) is 5.25. The average molecular weight is 298 g/mol. The minimum atomic E-state index is -0.0641. The Balaban J connectivity index is 1.81. The summed E-state index contributed by atoms with van der Waals surface area (Å²) in [5, 5.41) is 2.85. The Kier molecular flexibility index (Phi) is 5.55. The molecule has 0 saturated carbocycles. The number of ether oxygens (including phenoxy) is 1. The van der Waals surface area contributed by atoms with E-state index in [0.29, 0.717) is 19.6 Å². The molecule has 2 rings (SSSR count). The summed E-state index contributed by atoms with van der Waals surface area (Å²) < 4.78 is 5.69. The summed E-state index contributed by atoms with van der Waals surface area (Å²) in [7, 11) is 0. The molecule has 4 heteroatoms. The number of carbonyl (C=O) groups is 1. The largest absolute Gasteiger partial charge is 0.493 e. The van der Waals surface area contributed by atoms with Crippen LogP contribution in [0.1, 0.15) is 23.1 Å². The summed E-state index contributed by atoms with van der Waals surface area (Å²) in [6, 6.07) is 13.4. The molecule has 116 valence electrons. The molecule has 0 radical (unpaired) electrons. The molecule has 0 unspecified atom stereocenters. The molecular weight excluding hydrogens is 276 g/mol. The maximum absolute atomic E-state index is 11.9. The molecule has 0 aliphatic carbocycles. The van der Waals surface area contributed by atoms with Crippen molar-refractivity contribution < 1.29 is 9.53 Å². The number of carbonyl (C=O) groups excluding carboxylic acids is 1. The first-order valence-corrected chi connectivity index (χ1v) is 7.38. The maximum Gasteiger partial charge on any atom is 0.227 e. The molecule has 1 amide bonds. The summed E-state index contributed by atoms with van der Waals surface area (Å²) in [6.45, 7) is 4.92.